The Hall–Kier alpha value is -3.64. The average molecular weight is 591 g/mol. The molecule has 1 aromatic carbocycles. The number of carbonyl (C=O) groups excluding carboxylic acids is 1. The van der Waals surface area contributed by atoms with Crippen LogP contribution in [0.1, 0.15) is 37.9 Å². The number of piperidine rings is 1. The van der Waals surface area contributed by atoms with Crippen LogP contribution in [-0.2, 0) is 9.53 Å². The third-order valence-electron chi connectivity index (χ3n) is 7.59. The number of anilines is 2. The molecule has 2 aliphatic heterocycles. The molecule has 41 heavy (non-hydrogen) atoms. The Labute approximate surface area is 240 Å². The fourth-order valence-corrected chi connectivity index (χ4v) is 5.70. The summed E-state index contributed by atoms with van der Waals surface area (Å²) in [6.45, 7) is 3.96. The van der Waals surface area contributed by atoms with Gasteiger partial charge < -0.3 is 25.4 Å². The molecule has 13 heteroatoms. The molecule has 2 fully saturated rings. The van der Waals surface area contributed by atoms with Crippen molar-refractivity contribution in [3.05, 3.63) is 59.4 Å². The van der Waals surface area contributed by atoms with Gasteiger partial charge in [-0.2, -0.15) is 23.1 Å². The second kappa shape index (κ2) is 11.7. The van der Waals surface area contributed by atoms with Gasteiger partial charge in [-0.15, -0.1) is 0 Å². The number of carbonyl (C=O) groups is 1. The predicted molar refractivity (Wildman–Crippen MR) is 147 cm³/mol. The van der Waals surface area contributed by atoms with Crippen molar-refractivity contribution in [3.63, 3.8) is 0 Å². The summed E-state index contributed by atoms with van der Waals surface area (Å²) in [5.41, 5.74) is 6.42. The molecule has 0 aliphatic carbocycles. The van der Waals surface area contributed by atoms with Crippen LogP contribution in [0.15, 0.2) is 48.8 Å². The van der Waals surface area contributed by atoms with Gasteiger partial charge in [-0.25, -0.2) is 0 Å². The lowest BCUT2D eigenvalue weighted by Gasteiger charge is -2.39. The lowest BCUT2D eigenvalue weighted by Crippen LogP contribution is -2.41. The summed E-state index contributed by atoms with van der Waals surface area (Å²) in [5.74, 6) is -0.372. The van der Waals surface area contributed by atoms with E-state index >= 15 is 0 Å². The fraction of sp³-hybridized carbons (Fsp3) is 0.429. The van der Waals surface area contributed by atoms with E-state index in [-0.39, 0.29) is 45.4 Å². The number of esters is 1. The number of aromatic nitrogens is 3. The zero-order chi connectivity index (χ0) is 29.2. The second-order valence-electron chi connectivity index (χ2n) is 10.3. The number of ether oxygens (including phenoxy) is 2. The summed E-state index contributed by atoms with van der Waals surface area (Å²) in [5, 5.41) is 3.54. The molecular formula is C28H30ClF3N6O3. The number of pyridine rings is 1. The maximum absolute atomic E-state index is 14.5. The van der Waals surface area contributed by atoms with Gasteiger partial charge in [-0.05, 0) is 55.4 Å². The highest BCUT2D eigenvalue weighted by Crippen LogP contribution is 2.43. The molecule has 2 atom stereocenters. The van der Waals surface area contributed by atoms with Crippen LogP contribution in [0.4, 0.5) is 24.9 Å². The van der Waals surface area contributed by atoms with Crippen molar-refractivity contribution in [1.29, 1.82) is 0 Å². The van der Waals surface area contributed by atoms with E-state index in [9.17, 15) is 18.0 Å². The van der Waals surface area contributed by atoms with Gasteiger partial charge in [-0.1, -0.05) is 23.7 Å². The highest BCUT2D eigenvalue weighted by atomic mass is 35.5. The maximum atomic E-state index is 14.5. The molecule has 0 radical (unpaired) electrons. The van der Waals surface area contributed by atoms with Crippen LogP contribution < -0.4 is 20.7 Å². The molecule has 0 unspecified atom stereocenters. The molecule has 2 aromatic heterocycles. The van der Waals surface area contributed by atoms with Crippen LogP contribution >= 0.6 is 11.6 Å². The summed E-state index contributed by atoms with van der Waals surface area (Å²) in [6.07, 6.45) is -1.95. The number of hydrogen-bond donors (Lipinski definition) is 2. The fourth-order valence-electron chi connectivity index (χ4n) is 5.53. The van der Waals surface area contributed by atoms with Crippen LogP contribution in [0.5, 0.6) is 5.88 Å². The predicted octanol–water partition coefficient (Wildman–Crippen LogP) is 4.97. The Bertz CT molecular complexity index is 1390. The first-order valence-electron chi connectivity index (χ1n) is 13.3. The Morgan fingerprint density at radius 2 is 2.02 bits per heavy atom. The van der Waals surface area contributed by atoms with E-state index in [1.807, 2.05) is 4.90 Å². The maximum Gasteiger partial charge on any atom is 0.429 e. The number of halogens is 4. The van der Waals surface area contributed by atoms with Gasteiger partial charge in [0.1, 0.15) is 11.9 Å². The van der Waals surface area contributed by atoms with Crippen molar-refractivity contribution in [1.82, 2.24) is 20.3 Å². The summed E-state index contributed by atoms with van der Waals surface area (Å²) < 4.78 is 54.0. The summed E-state index contributed by atoms with van der Waals surface area (Å²) >= 11 is 6.14. The van der Waals surface area contributed by atoms with E-state index in [1.165, 1.54) is 36.7 Å². The van der Waals surface area contributed by atoms with Crippen molar-refractivity contribution in [3.8, 4) is 17.0 Å². The van der Waals surface area contributed by atoms with Gasteiger partial charge in [-0.3, -0.25) is 9.78 Å². The van der Waals surface area contributed by atoms with Crippen molar-refractivity contribution in [2.75, 3.05) is 36.9 Å². The molecule has 218 valence electrons. The summed E-state index contributed by atoms with van der Waals surface area (Å²) in [7, 11) is 0. The minimum Gasteiger partial charge on any atom is -0.465 e. The molecule has 0 amide bonds. The normalized spacial score (nSPS) is 19.2. The Balaban J connectivity index is 1.36. The van der Waals surface area contributed by atoms with E-state index in [1.54, 1.807) is 19.1 Å². The van der Waals surface area contributed by atoms with Gasteiger partial charge in [0.2, 0.25) is 17.9 Å². The van der Waals surface area contributed by atoms with Gasteiger partial charge in [0.05, 0.1) is 6.61 Å². The number of alkyl halides is 3. The van der Waals surface area contributed by atoms with Crippen molar-refractivity contribution >= 4 is 29.3 Å². The first-order chi connectivity index (χ1) is 19.6. The highest BCUT2D eigenvalue weighted by Gasteiger charge is 2.46. The molecule has 5 rings (SSSR count). The molecule has 3 N–H and O–H groups in total. The Morgan fingerprint density at radius 1 is 1.24 bits per heavy atom. The molecule has 3 aromatic rings. The lowest BCUT2D eigenvalue weighted by atomic mass is 9.76. The topological polar surface area (TPSA) is 115 Å². The van der Waals surface area contributed by atoms with Crippen LogP contribution in [0, 0.1) is 5.41 Å². The molecule has 4 heterocycles. The molecule has 2 saturated heterocycles. The zero-order valence-electron chi connectivity index (χ0n) is 22.3. The zero-order valence-corrected chi connectivity index (χ0v) is 23.1. The largest absolute Gasteiger partial charge is 0.465 e. The molecule has 2 aliphatic rings. The molecule has 1 spiro atoms. The first kappa shape index (κ1) is 28.9. The smallest absolute Gasteiger partial charge is 0.429 e. The highest BCUT2D eigenvalue weighted by molar-refractivity contribution is 6.30. The number of nitrogens with one attached hydrogen (secondary N) is 1. The SMILES string of the molecule is CCOC(=O)[C@@H]1CC2(CCN(c3cc(O[C@H](c4ccc(Cl)cc4-c4cccnc4)C(F)(F)F)nc(N)n3)CC2)CN1. The van der Waals surface area contributed by atoms with Crippen molar-refractivity contribution < 1.29 is 27.4 Å². The van der Waals surface area contributed by atoms with E-state index < -0.39 is 12.3 Å². The molecule has 0 saturated carbocycles. The number of rotatable bonds is 7. The number of nitrogens with two attached hydrogens (primary N) is 1. The van der Waals surface area contributed by atoms with Crippen molar-refractivity contribution in [2.45, 2.75) is 44.5 Å². The summed E-state index contributed by atoms with van der Waals surface area (Å²) in [4.78, 5) is 26.4. The average Bonchev–Trinajstić information content (AvgIpc) is 3.35. The quantitative estimate of drug-likeness (QED) is 0.368. The number of nitrogen functional groups attached to an aromatic ring is 1. The minimum absolute atomic E-state index is 0.0650. The van der Waals surface area contributed by atoms with Crippen LogP contribution in [0.2, 0.25) is 5.02 Å². The van der Waals surface area contributed by atoms with Gasteiger partial charge in [0, 0.05) is 54.2 Å². The molecular weight excluding hydrogens is 561 g/mol. The van der Waals surface area contributed by atoms with Crippen LogP contribution in [0.25, 0.3) is 11.1 Å². The second-order valence-corrected chi connectivity index (χ2v) is 10.7. The van der Waals surface area contributed by atoms with Crippen LogP contribution in [0.3, 0.4) is 0 Å². The summed E-state index contributed by atoms with van der Waals surface area (Å²) in [6, 6.07) is 8.44. The number of benzene rings is 1. The van der Waals surface area contributed by atoms with E-state index in [2.05, 4.69) is 20.3 Å². The lowest BCUT2D eigenvalue weighted by molar-refractivity contribution is -0.198. The standard InChI is InChI=1S/C28H30ClF3N6O3/c1-2-40-25(39)21-14-27(16-35-21)7-10-38(11-8-27)22-13-23(37-26(33)36-22)41-24(28(30,31)32)19-6-5-18(29)12-20(19)17-4-3-9-34-15-17/h3-6,9,12-13,15,21,24,35H,2,7-8,10-11,14,16H2,1H3,(H2,33,36,37)/t21-,24+/m0/s1. The number of nitrogens with zero attached hydrogens (tertiary/aromatic N) is 4. The third kappa shape index (κ3) is 6.48. The minimum atomic E-state index is -4.78. The van der Waals surface area contributed by atoms with Gasteiger partial charge in [0.25, 0.3) is 0 Å². The van der Waals surface area contributed by atoms with Crippen LogP contribution in [-0.4, -0.2) is 59.4 Å². The first-order valence-corrected chi connectivity index (χ1v) is 13.7. The van der Waals surface area contributed by atoms with E-state index in [0.29, 0.717) is 44.0 Å². The molecule has 9 nitrogen and oxygen atoms in total. The Morgan fingerprint density at radius 3 is 2.71 bits per heavy atom. The van der Waals surface area contributed by atoms with Gasteiger partial charge in [0.15, 0.2) is 0 Å². The monoisotopic (exact) mass is 590 g/mol. The van der Waals surface area contributed by atoms with Gasteiger partial charge >= 0.3 is 12.1 Å². The van der Waals surface area contributed by atoms with E-state index in [0.717, 1.165) is 12.8 Å². The van der Waals surface area contributed by atoms with Crippen molar-refractivity contribution in [2.24, 2.45) is 5.41 Å². The number of hydrogen-bond acceptors (Lipinski definition) is 9. The third-order valence-corrected chi connectivity index (χ3v) is 7.83. The Kier molecular flexibility index (Phi) is 8.23. The van der Waals surface area contributed by atoms with E-state index in [4.69, 9.17) is 26.8 Å². The molecule has 0 bridgehead atoms.